The average molecular weight is 333 g/mol. The molecule has 0 fully saturated rings. The minimum absolute atomic E-state index is 0.0465. The van der Waals surface area contributed by atoms with Gasteiger partial charge in [-0.15, -0.1) is 10.2 Å². The van der Waals surface area contributed by atoms with Gasteiger partial charge in [0, 0.05) is 30.1 Å². The third-order valence-corrected chi connectivity index (χ3v) is 4.01. The molecule has 23 heavy (non-hydrogen) atoms. The van der Waals surface area contributed by atoms with Crippen LogP contribution < -0.4 is 0 Å². The first-order chi connectivity index (χ1) is 11.0. The lowest BCUT2D eigenvalue weighted by Gasteiger charge is -2.26. The van der Waals surface area contributed by atoms with E-state index in [0.717, 1.165) is 22.3 Å². The van der Waals surface area contributed by atoms with E-state index in [1.165, 1.54) is 0 Å². The number of carbonyl (C=O) groups excluding carboxylic acids is 1. The molecule has 3 heterocycles. The second-order valence-corrected chi connectivity index (χ2v) is 6.26. The molecule has 0 bridgehead atoms. The maximum Gasteiger partial charge on any atom is 0.277 e. The zero-order valence-electron chi connectivity index (χ0n) is 12.6. The van der Waals surface area contributed by atoms with E-state index in [-0.39, 0.29) is 16.9 Å². The Morgan fingerprint density at radius 1 is 1.43 bits per heavy atom. The van der Waals surface area contributed by atoms with Gasteiger partial charge in [0.25, 0.3) is 11.1 Å². The van der Waals surface area contributed by atoms with Crippen molar-refractivity contribution in [2.75, 3.05) is 5.75 Å². The Hall–Kier alpha value is -2.26. The maximum atomic E-state index is 12.2. The number of hydrazone groups is 1. The van der Waals surface area contributed by atoms with Crippen LogP contribution in [0, 0.1) is 0 Å². The minimum Gasteiger partial charge on any atom is -0.411 e. The number of pyridine rings is 1. The number of rotatable bonds is 4. The summed E-state index contributed by atoms with van der Waals surface area (Å²) in [7, 11) is 0. The standard InChI is InChI=1S/C14H15N5O3S/c1-9-7-14(2,21)19(18-9)11(20)8-23-13-17-16-12(22-13)10-3-5-15-6-4-10/h3-6,21H,7-8H2,1-2H3. The van der Waals surface area contributed by atoms with Gasteiger partial charge in [-0.2, -0.15) is 5.10 Å². The molecule has 1 aliphatic rings. The van der Waals surface area contributed by atoms with Crippen LogP contribution in [0.15, 0.2) is 39.3 Å². The van der Waals surface area contributed by atoms with Crippen molar-refractivity contribution < 1.29 is 14.3 Å². The molecule has 1 N–H and O–H groups in total. The molecule has 0 radical (unpaired) electrons. The molecule has 1 amide bonds. The summed E-state index contributed by atoms with van der Waals surface area (Å²) in [6.45, 7) is 3.33. The van der Waals surface area contributed by atoms with E-state index in [2.05, 4.69) is 20.3 Å². The number of carbonyl (C=O) groups is 1. The number of nitrogens with zero attached hydrogens (tertiary/aromatic N) is 5. The molecule has 2 aromatic rings. The second-order valence-electron chi connectivity index (χ2n) is 5.33. The average Bonchev–Trinajstić information content (AvgIpc) is 3.09. The van der Waals surface area contributed by atoms with Crippen LogP contribution in [-0.2, 0) is 4.79 Å². The Kier molecular flexibility index (Phi) is 4.14. The third-order valence-electron chi connectivity index (χ3n) is 3.21. The fraction of sp³-hybridized carbons (Fsp3) is 0.357. The Bertz CT molecular complexity index is 744. The Labute approximate surface area is 136 Å². The van der Waals surface area contributed by atoms with Crippen molar-refractivity contribution in [3.8, 4) is 11.5 Å². The van der Waals surface area contributed by atoms with Crippen LogP contribution in [0.25, 0.3) is 11.5 Å². The lowest BCUT2D eigenvalue weighted by molar-refractivity contribution is -0.149. The summed E-state index contributed by atoms with van der Waals surface area (Å²) >= 11 is 1.11. The quantitative estimate of drug-likeness (QED) is 0.846. The van der Waals surface area contributed by atoms with Crippen LogP contribution in [-0.4, -0.2) is 48.4 Å². The molecule has 2 aromatic heterocycles. The summed E-state index contributed by atoms with van der Waals surface area (Å²) in [4.78, 5) is 16.1. The normalized spacial score (nSPS) is 20.7. The van der Waals surface area contributed by atoms with E-state index in [1.54, 1.807) is 38.4 Å². The van der Waals surface area contributed by atoms with Gasteiger partial charge in [0.2, 0.25) is 5.89 Å². The van der Waals surface area contributed by atoms with Gasteiger partial charge in [-0.05, 0) is 26.0 Å². The Balaban J connectivity index is 1.63. The molecule has 0 aromatic carbocycles. The molecule has 9 heteroatoms. The van der Waals surface area contributed by atoms with Crippen molar-refractivity contribution >= 4 is 23.4 Å². The van der Waals surface area contributed by atoms with Gasteiger partial charge in [-0.25, -0.2) is 5.01 Å². The maximum absolute atomic E-state index is 12.2. The number of aromatic nitrogens is 3. The molecular weight excluding hydrogens is 318 g/mol. The Morgan fingerprint density at radius 3 is 2.83 bits per heavy atom. The van der Waals surface area contributed by atoms with Crippen LogP contribution in [0.5, 0.6) is 0 Å². The molecule has 1 atom stereocenters. The smallest absolute Gasteiger partial charge is 0.277 e. The van der Waals surface area contributed by atoms with Gasteiger partial charge in [0.15, 0.2) is 5.72 Å². The predicted molar refractivity (Wildman–Crippen MR) is 83.4 cm³/mol. The van der Waals surface area contributed by atoms with Crippen LogP contribution in [0.1, 0.15) is 20.3 Å². The van der Waals surface area contributed by atoms with E-state index in [0.29, 0.717) is 18.0 Å². The molecule has 3 rings (SSSR count). The van der Waals surface area contributed by atoms with Crippen molar-refractivity contribution in [1.29, 1.82) is 0 Å². The van der Waals surface area contributed by atoms with E-state index in [9.17, 15) is 9.90 Å². The molecule has 1 aliphatic heterocycles. The summed E-state index contributed by atoms with van der Waals surface area (Å²) in [5.41, 5.74) is 0.193. The SMILES string of the molecule is CC1=NN(C(=O)CSc2nnc(-c3ccncc3)o2)C(C)(O)C1. The second kappa shape index (κ2) is 6.09. The minimum atomic E-state index is -1.28. The monoisotopic (exact) mass is 333 g/mol. The zero-order chi connectivity index (χ0) is 16.4. The van der Waals surface area contributed by atoms with Crippen molar-refractivity contribution in [3.05, 3.63) is 24.5 Å². The number of hydrogen-bond acceptors (Lipinski definition) is 8. The topological polar surface area (TPSA) is 105 Å². The van der Waals surface area contributed by atoms with Crippen LogP contribution in [0.4, 0.5) is 0 Å². The summed E-state index contributed by atoms with van der Waals surface area (Å²) < 4.78 is 5.50. The molecule has 0 spiro atoms. The van der Waals surface area contributed by atoms with Gasteiger partial charge in [-0.1, -0.05) is 11.8 Å². The summed E-state index contributed by atoms with van der Waals surface area (Å²) in [5.74, 6) is 0.0927. The van der Waals surface area contributed by atoms with Crippen LogP contribution in [0.2, 0.25) is 0 Å². The van der Waals surface area contributed by atoms with Gasteiger partial charge in [0.05, 0.1) is 5.75 Å². The fourth-order valence-corrected chi connectivity index (χ4v) is 2.87. The first kappa shape index (κ1) is 15.6. The molecule has 0 saturated heterocycles. The summed E-state index contributed by atoms with van der Waals surface area (Å²) in [6, 6.07) is 3.51. The molecule has 120 valence electrons. The predicted octanol–water partition coefficient (Wildman–Crippen LogP) is 1.54. The number of amides is 1. The fourth-order valence-electron chi connectivity index (χ4n) is 2.26. The highest BCUT2D eigenvalue weighted by Crippen LogP contribution is 2.27. The van der Waals surface area contributed by atoms with E-state index in [4.69, 9.17) is 4.42 Å². The largest absolute Gasteiger partial charge is 0.411 e. The molecule has 8 nitrogen and oxygen atoms in total. The van der Waals surface area contributed by atoms with Gasteiger partial charge < -0.3 is 9.52 Å². The molecule has 0 aliphatic carbocycles. The Morgan fingerprint density at radius 2 is 2.17 bits per heavy atom. The number of aliphatic hydroxyl groups is 1. The highest BCUT2D eigenvalue weighted by atomic mass is 32.2. The highest BCUT2D eigenvalue weighted by Gasteiger charge is 2.38. The molecule has 1 unspecified atom stereocenters. The van der Waals surface area contributed by atoms with E-state index < -0.39 is 5.72 Å². The lowest BCUT2D eigenvalue weighted by Crippen LogP contribution is -2.44. The van der Waals surface area contributed by atoms with Crippen molar-refractivity contribution in [2.24, 2.45) is 5.10 Å². The van der Waals surface area contributed by atoms with Gasteiger partial charge in [-0.3, -0.25) is 9.78 Å². The van der Waals surface area contributed by atoms with Crippen molar-refractivity contribution in [3.63, 3.8) is 0 Å². The first-order valence-electron chi connectivity index (χ1n) is 6.92. The van der Waals surface area contributed by atoms with E-state index in [1.807, 2.05) is 0 Å². The summed E-state index contributed by atoms with van der Waals surface area (Å²) in [6.07, 6.45) is 3.60. The van der Waals surface area contributed by atoms with Gasteiger partial charge >= 0.3 is 0 Å². The number of thioether (sulfide) groups is 1. The van der Waals surface area contributed by atoms with Crippen molar-refractivity contribution in [2.45, 2.75) is 31.2 Å². The van der Waals surface area contributed by atoms with Crippen LogP contribution >= 0.6 is 11.8 Å². The third kappa shape index (κ3) is 3.40. The van der Waals surface area contributed by atoms with Crippen molar-refractivity contribution in [1.82, 2.24) is 20.2 Å². The molecule has 0 saturated carbocycles. The first-order valence-corrected chi connectivity index (χ1v) is 7.90. The highest BCUT2D eigenvalue weighted by molar-refractivity contribution is 7.99. The van der Waals surface area contributed by atoms with E-state index >= 15 is 0 Å². The lowest BCUT2D eigenvalue weighted by atomic mass is 10.1. The number of hydrogen-bond donors (Lipinski definition) is 1. The summed E-state index contributed by atoms with van der Waals surface area (Å²) in [5, 5.41) is 23.5. The molecular formula is C14H15N5O3S. The van der Waals surface area contributed by atoms with Crippen LogP contribution in [0.3, 0.4) is 0 Å². The zero-order valence-corrected chi connectivity index (χ0v) is 13.4. The van der Waals surface area contributed by atoms with Gasteiger partial charge in [0.1, 0.15) is 0 Å².